The molecule has 4 aromatic rings. The van der Waals surface area contributed by atoms with Crippen molar-refractivity contribution >= 4 is 22.8 Å². The Morgan fingerprint density at radius 3 is 2.59 bits per heavy atom. The SMILES string of the molecule is Cc1n[nH]c2nccc(-c3ccc(NC(=O)NCCc4ccc(F)cc4)cc3)c12. The summed E-state index contributed by atoms with van der Waals surface area (Å²) in [7, 11) is 0. The minimum absolute atomic E-state index is 0.265. The fourth-order valence-electron chi connectivity index (χ4n) is 3.23. The number of pyridine rings is 1. The van der Waals surface area contributed by atoms with Gasteiger partial charge in [-0.3, -0.25) is 5.10 Å². The van der Waals surface area contributed by atoms with Gasteiger partial charge in [0.1, 0.15) is 5.82 Å². The number of urea groups is 1. The topological polar surface area (TPSA) is 82.7 Å². The zero-order chi connectivity index (χ0) is 20.2. The molecule has 6 nitrogen and oxygen atoms in total. The minimum atomic E-state index is -0.281. The predicted molar refractivity (Wildman–Crippen MR) is 111 cm³/mol. The van der Waals surface area contributed by atoms with Crippen molar-refractivity contribution < 1.29 is 9.18 Å². The number of fused-ring (bicyclic) bond motifs is 1. The van der Waals surface area contributed by atoms with E-state index in [1.165, 1.54) is 12.1 Å². The first kappa shape index (κ1) is 18.6. The molecule has 0 aliphatic heterocycles. The van der Waals surface area contributed by atoms with Crippen molar-refractivity contribution in [3.8, 4) is 11.1 Å². The highest BCUT2D eigenvalue weighted by Gasteiger charge is 2.10. The van der Waals surface area contributed by atoms with Crippen molar-refractivity contribution in [3.63, 3.8) is 0 Å². The lowest BCUT2D eigenvalue weighted by Gasteiger charge is -2.09. The molecule has 2 amide bonds. The molecule has 146 valence electrons. The molecule has 0 aliphatic carbocycles. The summed E-state index contributed by atoms with van der Waals surface area (Å²) >= 11 is 0. The molecule has 0 bridgehead atoms. The Hall–Kier alpha value is -3.74. The molecule has 2 aromatic heterocycles. The van der Waals surface area contributed by atoms with E-state index in [2.05, 4.69) is 25.8 Å². The molecule has 7 heteroatoms. The van der Waals surface area contributed by atoms with E-state index < -0.39 is 0 Å². The molecule has 0 saturated heterocycles. The van der Waals surface area contributed by atoms with Crippen molar-refractivity contribution in [2.45, 2.75) is 13.3 Å². The van der Waals surface area contributed by atoms with Crippen LogP contribution in [0.5, 0.6) is 0 Å². The highest BCUT2D eigenvalue weighted by molar-refractivity contribution is 5.95. The molecule has 0 fully saturated rings. The lowest BCUT2D eigenvalue weighted by Crippen LogP contribution is -2.30. The van der Waals surface area contributed by atoms with E-state index in [4.69, 9.17) is 0 Å². The summed E-state index contributed by atoms with van der Waals surface area (Å²) in [6.07, 6.45) is 2.38. The molecular formula is C22H20FN5O. The van der Waals surface area contributed by atoms with E-state index >= 15 is 0 Å². The second-order valence-corrected chi connectivity index (χ2v) is 6.73. The van der Waals surface area contributed by atoms with Crippen LogP contribution in [0, 0.1) is 12.7 Å². The standard InChI is InChI=1S/C22H20FN5O/c1-14-20-19(11-13-24-21(20)28-27-14)16-4-8-18(9-5-16)26-22(29)25-12-10-15-2-6-17(23)7-3-15/h2-9,11,13H,10,12H2,1H3,(H,24,27,28)(H2,25,26,29). The molecule has 29 heavy (non-hydrogen) atoms. The van der Waals surface area contributed by atoms with Crippen LogP contribution < -0.4 is 10.6 Å². The summed E-state index contributed by atoms with van der Waals surface area (Å²) in [4.78, 5) is 16.4. The molecule has 0 unspecified atom stereocenters. The first-order valence-electron chi connectivity index (χ1n) is 9.29. The van der Waals surface area contributed by atoms with Gasteiger partial charge in [0.2, 0.25) is 0 Å². The van der Waals surface area contributed by atoms with Gasteiger partial charge in [0.25, 0.3) is 0 Å². The molecule has 3 N–H and O–H groups in total. The van der Waals surface area contributed by atoms with Crippen LogP contribution in [0.4, 0.5) is 14.9 Å². The first-order chi connectivity index (χ1) is 14.1. The average Bonchev–Trinajstić information content (AvgIpc) is 3.11. The lowest BCUT2D eigenvalue weighted by molar-refractivity contribution is 0.252. The second kappa shape index (κ2) is 8.10. The Kier molecular flexibility index (Phi) is 5.20. The van der Waals surface area contributed by atoms with Crippen LogP contribution in [0.2, 0.25) is 0 Å². The molecule has 0 spiro atoms. The Balaban J connectivity index is 1.37. The third-order valence-electron chi connectivity index (χ3n) is 4.71. The maximum atomic E-state index is 12.9. The number of carbonyl (C=O) groups is 1. The van der Waals surface area contributed by atoms with E-state index in [0.717, 1.165) is 33.4 Å². The van der Waals surface area contributed by atoms with Gasteiger partial charge in [-0.05, 0) is 60.4 Å². The lowest BCUT2D eigenvalue weighted by atomic mass is 10.0. The van der Waals surface area contributed by atoms with Crippen LogP contribution in [0.1, 0.15) is 11.3 Å². The number of halogens is 1. The van der Waals surface area contributed by atoms with Crippen molar-refractivity contribution in [1.29, 1.82) is 0 Å². The van der Waals surface area contributed by atoms with E-state index in [-0.39, 0.29) is 11.8 Å². The number of hydrogen-bond acceptors (Lipinski definition) is 3. The zero-order valence-electron chi connectivity index (χ0n) is 15.9. The van der Waals surface area contributed by atoms with Crippen LogP contribution in [0.15, 0.2) is 60.8 Å². The summed E-state index contributed by atoms with van der Waals surface area (Å²) in [5.41, 5.74) is 5.37. The Bertz CT molecular complexity index is 1140. The highest BCUT2D eigenvalue weighted by atomic mass is 19.1. The van der Waals surface area contributed by atoms with Crippen LogP contribution in [-0.2, 0) is 6.42 Å². The van der Waals surface area contributed by atoms with Gasteiger partial charge in [-0.25, -0.2) is 14.2 Å². The monoisotopic (exact) mass is 389 g/mol. The quantitative estimate of drug-likeness (QED) is 0.472. The van der Waals surface area contributed by atoms with Gasteiger partial charge in [-0.15, -0.1) is 0 Å². The number of H-pyrrole nitrogens is 1. The molecular weight excluding hydrogens is 369 g/mol. The van der Waals surface area contributed by atoms with Gasteiger partial charge in [-0.2, -0.15) is 5.10 Å². The molecule has 0 radical (unpaired) electrons. The number of hydrogen-bond donors (Lipinski definition) is 3. The number of aromatic amines is 1. The molecule has 4 rings (SSSR count). The maximum absolute atomic E-state index is 12.9. The molecule has 0 saturated carbocycles. The summed E-state index contributed by atoms with van der Waals surface area (Å²) in [6.45, 7) is 2.40. The van der Waals surface area contributed by atoms with Gasteiger partial charge in [0.15, 0.2) is 5.65 Å². The van der Waals surface area contributed by atoms with Gasteiger partial charge >= 0.3 is 6.03 Å². The number of rotatable bonds is 5. The first-order valence-corrected chi connectivity index (χ1v) is 9.29. The number of nitrogens with zero attached hydrogens (tertiary/aromatic N) is 2. The number of aryl methyl sites for hydroxylation is 1. The molecule has 0 atom stereocenters. The van der Waals surface area contributed by atoms with Gasteiger partial charge in [0.05, 0.1) is 5.69 Å². The number of aromatic nitrogens is 3. The predicted octanol–water partition coefficient (Wildman–Crippen LogP) is 4.44. The fraction of sp³-hybridized carbons (Fsp3) is 0.136. The fourth-order valence-corrected chi connectivity index (χ4v) is 3.23. The maximum Gasteiger partial charge on any atom is 0.319 e. The smallest absolute Gasteiger partial charge is 0.319 e. The average molecular weight is 389 g/mol. The summed E-state index contributed by atoms with van der Waals surface area (Å²) < 4.78 is 12.9. The molecule has 0 aliphatic rings. The van der Waals surface area contributed by atoms with Crippen LogP contribution in [-0.4, -0.2) is 27.8 Å². The Morgan fingerprint density at radius 1 is 1.07 bits per heavy atom. The minimum Gasteiger partial charge on any atom is -0.338 e. The summed E-state index contributed by atoms with van der Waals surface area (Å²) in [6, 6.07) is 15.6. The van der Waals surface area contributed by atoms with Crippen LogP contribution in [0.25, 0.3) is 22.2 Å². The van der Waals surface area contributed by atoms with E-state index in [0.29, 0.717) is 18.7 Å². The number of carbonyl (C=O) groups excluding carboxylic acids is 1. The van der Waals surface area contributed by atoms with E-state index in [1.807, 2.05) is 37.3 Å². The van der Waals surface area contributed by atoms with E-state index in [9.17, 15) is 9.18 Å². The van der Waals surface area contributed by atoms with Gasteiger partial charge in [0, 0.05) is 23.8 Å². The van der Waals surface area contributed by atoms with Gasteiger partial charge < -0.3 is 10.6 Å². The molecule has 2 aromatic carbocycles. The largest absolute Gasteiger partial charge is 0.338 e. The second-order valence-electron chi connectivity index (χ2n) is 6.73. The van der Waals surface area contributed by atoms with Crippen molar-refractivity contribution in [2.24, 2.45) is 0 Å². The molecule has 2 heterocycles. The van der Waals surface area contributed by atoms with Crippen LogP contribution >= 0.6 is 0 Å². The Morgan fingerprint density at radius 2 is 1.83 bits per heavy atom. The third kappa shape index (κ3) is 4.24. The number of benzene rings is 2. The van der Waals surface area contributed by atoms with Crippen LogP contribution in [0.3, 0.4) is 0 Å². The normalized spacial score (nSPS) is 10.8. The number of anilines is 1. The number of nitrogens with one attached hydrogen (secondary N) is 3. The van der Waals surface area contributed by atoms with E-state index in [1.54, 1.807) is 18.3 Å². The summed E-state index contributed by atoms with van der Waals surface area (Å²) in [5.74, 6) is -0.265. The van der Waals surface area contributed by atoms with Crippen molar-refractivity contribution in [2.75, 3.05) is 11.9 Å². The highest BCUT2D eigenvalue weighted by Crippen LogP contribution is 2.29. The van der Waals surface area contributed by atoms with Gasteiger partial charge in [-0.1, -0.05) is 24.3 Å². The Labute approximate surface area is 167 Å². The third-order valence-corrected chi connectivity index (χ3v) is 4.71. The van der Waals surface area contributed by atoms with Crippen molar-refractivity contribution in [1.82, 2.24) is 20.5 Å². The van der Waals surface area contributed by atoms with Crippen molar-refractivity contribution in [3.05, 3.63) is 77.9 Å². The number of amides is 2. The zero-order valence-corrected chi connectivity index (χ0v) is 15.9. The summed E-state index contributed by atoms with van der Waals surface area (Å²) in [5, 5.41) is 13.8.